The zero-order valence-electron chi connectivity index (χ0n) is 9.45. The Morgan fingerprint density at radius 2 is 2.00 bits per heavy atom. The molecule has 0 aromatic carbocycles. The van der Waals surface area contributed by atoms with Crippen LogP contribution in [-0.4, -0.2) is 63.0 Å². The van der Waals surface area contributed by atoms with Crippen LogP contribution in [0.2, 0.25) is 0 Å². The van der Waals surface area contributed by atoms with Crippen molar-refractivity contribution in [3.8, 4) is 0 Å². The van der Waals surface area contributed by atoms with Gasteiger partial charge < -0.3 is 0 Å². The van der Waals surface area contributed by atoms with Crippen molar-refractivity contribution in [2.24, 2.45) is 0 Å². The van der Waals surface area contributed by atoms with Crippen molar-refractivity contribution in [1.82, 2.24) is 9.61 Å². The van der Waals surface area contributed by atoms with Gasteiger partial charge in [0.25, 0.3) is 0 Å². The van der Waals surface area contributed by atoms with Crippen molar-refractivity contribution in [1.29, 1.82) is 0 Å². The molecule has 0 radical (unpaired) electrons. The molecule has 2 aromatic heterocycles. The van der Waals surface area contributed by atoms with Crippen LogP contribution in [0, 0.1) is 0 Å². The molecule has 0 saturated carbocycles. The van der Waals surface area contributed by atoms with Gasteiger partial charge in [-0.1, -0.05) is 0 Å². The van der Waals surface area contributed by atoms with E-state index in [1.54, 1.807) is 0 Å². The molecule has 1 unspecified atom stereocenters. The number of aliphatic hydroxyl groups is 2. The fourth-order valence-corrected chi connectivity index (χ4v) is 2.39. The molecule has 0 saturated heterocycles. The van der Waals surface area contributed by atoms with E-state index in [2.05, 4.69) is 5.10 Å². The molecular weight excluding hydrogens is 281 g/mol. The summed E-state index contributed by atoms with van der Waals surface area (Å²) >= 11 is 1.54. The third kappa shape index (κ3) is 2.62. The van der Waals surface area contributed by atoms with E-state index in [1.165, 1.54) is 21.2 Å². The SMILES string of the molecule is OCCN(CCO)c1ccn2ncc([AsH2])c2c1. The number of rotatable bonds is 5. The summed E-state index contributed by atoms with van der Waals surface area (Å²) in [4.78, 5) is 1.96. The second kappa shape index (κ2) is 5.54. The molecule has 0 spiro atoms. The van der Waals surface area contributed by atoms with Gasteiger partial charge >= 0.3 is 108 Å². The van der Waals surface area contributed by atoms with Crippen molar-refractivity contribution in [2.75, 3.05) is 31.2 Å². The van der Waals surface area contributed by atoms with Crippen molar-refractivity contribution in [3.63, 3.8) is 0 Å². The first kappa shape index (κ1) is 12.4. The predicted octanol–water partition coefficient (Wildman–Crippen LogP) is -1.62. The fraction of sp³-hybridized carbons (Fsp3) is 0.364. The van der Waals surface area contributed by atoms with Gasteiger partial charge in [0.2, 0.25) is 0 Å². The van der Waals surface area contributed by atoms with Crippen LogP contribution in [0.4, 0.5) is 5.69 Å². The van der Waals surface area contributed by atoms with E-state index in [0.717, 1.165) is 11.2 Å². The van der Waals surface area contributed by atoms with E-state index < -0.39 is 0 Å². The summed E-state index contributed by atoms with van der Waals surface area (Å²) in [6.07, 6.45) is 3.75. The summed E-state index contributed by atoms with van der Waals surface area (Å²) in [6, 6.07) is 3.98. The first-order chi connectivity index (χ1) is 8.26. The van der Waals surface area contributed by atoms with E-state index in [1.807, 2.05) is 33.9 Å². The molecule has 2 aromatic rings. The molecule has 6 heteroatoms. The van der Waals surface area contributed by atoms with Gasteiger partial charge in [0.1, 0.15) is 0 Å². The van der Waals surface area contributed by atoms with E-state index in [-0.39, 0.29) is 13.2 Å². The molecule has 0 aliphatic carbocycles. The minimum absolute atomic E-state index is 0.0767. The first-order valence-corrected chi connectivity index (χ1v) is 6.67. The maximum absolute atomic E-state index is 9.01. The Morgan fingerprint density at radius 1 is 1.29 bits per heavy atom. The predicted molar refractivity (Wildman–Crippen MR) is 69.8 cm³/mol. The normalized spacial score (nSPS) is 11.0. The van der Waals surface area contributed by atoms with Crippen molar-refractivity contribution >= 4 is 32.4 Å². The Labute approximate surface area is 108 Å². The van der Waals surface area contributed by atoms with Crippen LogP contribution in [-0.2, 0) is 0 Å². The standard InChI is InChI=1S/C11H16AsN3O2/c12-10-8-13-15-2-1-9(7-11(10)15)14(3-5-16)4-6-17/h1-2,7-8,16-17H,3-6,12H2. The molecule has 0 fully saturated rings. The summed E-state index contributed by atoms with van der Waals surface area (Å²) in [5.74, 6) is 0. The Bertz CT molecular complexity index is 494. The summed E-state index contributed by atoms with van der Waals surface area (Å²) in [6.45, 7) is 1.20. The van der Waals surface area contributed by atoms with Crippen LogP contribution < -0.4 is 9.25 Å². The minimum atomic E-state index is 0.0767. The number of hydrogen-bond donors (Lipinski definition) is 2. The van der Waals surface area contributed by atoms with Gasteiger partial charge in [0.05, 0.1) is 0 Å². The van der Waals surface area contributed by atoms with Gasteiger partial charge in [-0.15, -0.1) is 0 Å². The second-order valence-electron chi connectivity index (χ2n) is 3.75. The van der Waals surface area contributed by atoms with E-state index in [9.17, 15) is 0 Å². The zero-order chi connectivity index (χ0) is 12.3. The summed E-state index contributed by atoms with van der Waals surface area (Å²) in [7, 11) is 0. The molecule has 0 bridgehead atoms. The van der Waals surface area contributed by atoms with Crippen LogP contribution in [0.5, 0.6) is 0 Å². The van der Waals surface area contributed by atoms with Gasteiger partial charge in [-0.05, 0) is 0 Å². The number of anilines is 1. The summed E-state index contributed by atoms with van der Waals surface area (Å²) in [5, 5.41) is 22.3. The topological polar surface area (TPSA) is 61.0 Å². The van der Waals surface area contributed by atoms with Crippen LogP contribution in [0.25, 0.3) is 5.52 Å². The molecular formula is C11H16AsN3O2. The molecule has 0 aliphatic heterocycles. The number of pyridine rings is 1. The molecule has 1 atom stereocenters. The monoisotopic (exact) mass is 297 g/mol. The van der Waals surface area contributed by atoms with Crippen molar-refractivity contribution < 1.29 is 10.2 Å². The molecule has 17 heavy (non-hydrogen) atoms. The van der Waals surface area contributed by atoms with Gasteiger partial charge in [-0.3, -0.25) is 0 Å². The number of aromatic nitrogens is 2. The van der Waals surface area contributed by atoms with Crippen molar-refractivity contribution in [2.45, 2.75) is 0 Å². The average molecular weight is 297 g/mol. The van der Waals surface area contributed by atoms with E-state index >= 15 is 0 Å². The Morgan fingerprint density at radius 3 is 2.65 bits per heavy atom. The molecule has 5 nitrogen and oxygen atoms in total. The maximum atomic E-state index is 9.01. The molecule has 0 aliphatic rings. The van der Waals surface area contributed by atoms with Crippen LogP contribution in [0.15, 0.2) is 24.5 Å². The van der Waals surface area contributed by atoms with Gasteiger partial charge in [0.15, 0.2) is 0 Å². The molecule has 2 heterocycles. The summed E-state index contributed by atoms with van der Waals surface area (Å²) in [5.41, 5.74) is 2.07. The number of aliphatic hydroxyl groups excluding tert-OH is 2. The van der Waals surface area contributed by atoms with Gasteiger partial charge in [-0.2, -0.15) is 0 Å². The van der Waals surface area contributed by atoms with Crippen LogP contribution >= 0.6 is 0 Å². The van der Waals surface area contributed by atoms with E-state index in [4.69, 9.17) is 10.2 Å². The molecule has 2 rings (SSSR count). The average Bonchev–Trinajstić information content (AvgIpc) is 2.71. The number of hydrogen-bond acceptors (Lipinski definition) is 4. The molecule has 2 N–H and O–H groups in total. The number of nitrogens with zero attached hydrogens (tertiary/aromatic N) is 3. The third-order valence-corrected chi connectivity index (χ3v) is 3.57. The second-order valence-corrected chi connectivity index (χ2v) is 5.05. The van der Waals surface area contributed by atoms with Crippen LogP contribution in [0.1, 0.15) is 0 Å². The number of fused-ring (bicyclic) bond motifs is 1. The fourth-order valence-electron chi connectivity index (χ4n) is 1.80. The zero-order valence-corrected chi connectivity index (χ0v) is 11.9. The van der Waals surface area contributed by atoms with Gasteiger partial charge in [-0.25, -0.2) is 0 Å². The summed E-state index contributed by atoms with van der Waals surface area (Å²) < 4.78 is 3.00. The Hall–Kier alpha value is -1.03. The van der Waals surface area contributed by atoms with Crippen molar-refractivity contribution in [3.05, 3.63) is 24.5 Å². The van der Waals surface area contributed by atoms with E-state index in [0.29, 0.717) is 13.1 Å². The Kier molecular flexibility index (Phi) is 4.05. The molecule has 92 valence electrons. The quantitative estimate of drug-likeness (QED) is 0.652. The third-order valence-electron chi connectivity index (χ3n) is 2.64. The Balaban J connectivity index is 2.35. The van der Waals surface area contributed by atoms with Crippen LogP contribution in [0.3, 0.4) is 0 Å². The first-order valence-electron chi connectivity index (χ1n) is 5.46. The van der Waals surface area contributed by atoms with Gasteiger partial charge in [0, 0.05) is 0 Å². The molecule has 0 amide bonds.